The van der Waals surface area contributed by atoms with Crippen LogP contribution in [0.3, 0.4) is 0 Å². The Morgan fingerprint density at radius 1 is 1.16 bits per heavy atom. The monoisotopic (exact) mass is 344 g/mol. The summed E-state index contributed by atoms with van der Waals surface area (Å²) in [5.41, 5.74) is 2.93. The van der Waals surface area contributed by atoms with Crippen molar-refractivity contribution in [3.8, 4) is 5.75 Å². The van der Waals surface area contributed by atoms with Crippen LogP contribution in [0.25, 0.3) is 0 Å². The number of para-hydroxylation sites is 1. The third kappa shape index (κ3) is 5.93. The van der Waals surface area contributed by atoms with Crippen molar-refractivity contribution in [1.29, 1.82) is 0 Å². The summed E-state index contributed by atoms with van der Waals surface area (Å²) in [4.78, 5) is 12.1. The highest BCUT2D eigenvalue weighted by atomic mass is 16.5. The molecule has 0 saturated heterocycles. The van der Waals surface area contributed by atoms with E-state index in [9.17, 15) is 4.79 Å². The number of aromatic nitrogens is 2. The number of hydrogen-bond acceptors (Lipinski definition) is 4. The van der Waals surface area contributed by atoms with Crippen molar-refractivity contribution < 1.29 is 14.3 Å². The lowest BCUT2D eigenvalue weighted by Crippen LogP contribution is -2.12. The Morgan fingerprint density at radius 2 is 1.88 bits per heavy atom. The van der Waals surface area contributed by atoms with Crippen LogP contribution in [-0.4, -0.2) is 29.0 Å². The van der Waals surface area contributed by atoms with Gasteiger partial charge in [-0.15, -0.1) is 0 Å². The third-order valence-corrected chi connectivity index (χ3v) is 3.95. The summed E-state index contributed by atoms with van der Waals surface area (Å²) < 4.78 is 12.9. The number of ether oxygens (including phenoxy) is 2. The number of aryl methyl sites for hydroxylation is 1. The molecule has 1 heterocycles. The van der Waals surface area contributed by atoms with Crippen LogP contribution in [0.2, 0.25) is 0 Å². The molecule has 0 spiro atoms. The van der Waals surface area contributed by atoms with E-state index in [4.69, 9.17) is 9.47 Å². The molecule has 1 aromatic heterocycles. The van der Waals surface area contributed by atoms with E-state index in [0.29, 0.717) is 25.6 Å². The normalized spacial score (nSPS) is 10.9. The highest BCUT2D eigenvalue weighted by Crippen LogP contribution is 2.16. The molecule has 0 unspecified atom stereocenters. The van der Waals surface area contributed by atoms with Gasteiger partial charge in [-0.25, -0.2) is 0 Å². The third-order valence-electron chi connectivity index (χ3n) is 3.95. The smallest absolute Gasteiger partial charge is 0.310 e. The van der Waals surface area contributed by atoms with Gasteiger partial charge in [0.25, 0.3) is 0 Å². The molecule has 5 nitrogen and oxygen atoms in total. The quantitative estimate of drug-likeness (QED) is 0.514. The first-order valence-corrected chi connectivity index (χ1v) is 8.83. The summed E-state index contributed by atoms with van der Waals surface area (Å²) in [6, 6.07) is 9.62. The van der Waals surface area contributed by atoms with Gasteiger partial charge in [-0.05, 0) is 31.9 Å². The summed E-state index contributed by atoms with van der Waals surface area (Å²) in [5.74, 6) is 1.13. The first-order chi connectivity index (χ1) is 12.0. The fourth-order valence-electron chi connectivity index (χ4n) is 2.66. The van der Waals surface area contributed by atoms with Gasteiger partial charge in [0.05, 0.1) is 25.3 Å². The molecule has 5 heteroatoms. The molecule has 0 atom stereocenters. The lowest BCUT2D eigenvalue weighted by molar-refractivity contribution is -0.143. The van der Waals surface area contributed by atoms with E-state index in [1.807, 2.05) is 48.9 Å². The Morgan fingerprint density at radius 3 is 2.56 bits per heavy atom. The summed E-state index contributed by atoms with van der Waals surface area (Å²) in [6.07, 6.45) is 0.945. The van der Waals surface area contributed by atoms with Crippen LogP contribution in [0.15, 0.2) is 30.3 Å². The molecule has 0 radical (unpaired) electrons. The fourth-order valence-corrected chi connectivity index (χ4v) is 2.66. The van der Waals surface area contributed by atoms with E-state index in [-0.39, 0.29) is 12.4 Å². The summed E-state index contributed by atoms with van der Waals surface area (Å²) in [5, 5.41) is 4.54. The highest BCUT2D eigenvalue weighted by Gasteiger charge is 2.16. The van der Waals surface area contributed by atoms with E-state index in [0.717, 1.165) is 29.2 Å². The molecule has 0 bridgehead atoms. The maximum absolute atomic E-state index is 12.1. The number of benzene rings is 1. The van der Waals surface area contributed by atoms with Gasteiger partial charge in [0.1, 0.15) is 5.75 Å². The van der Waals surface area contributed by atoms with Crippen molar-refractivity contribution >= 4 is 5.97 Å². The molecule has 0 aliphatic rings. The Bertz CT molecular complexity index is 678. The lowest BCUT2D eigenvalue weighted by Gasteiger charge is -2.09. The summed E-state index contributed by atoms with van der Waals surface area (Å²) in [6.45, 7) is 10.0. The first-order valence-electron chi connectivity index (χ1n) is 8.83. The van der Waals surface area contributed by atoms with E-state index in [1.165, 1.54) is 0 Å². The fraction of sp³-hybridized carbons (Fsp3) is 0.500. The predicted molar refractivity (Wildman–Crippen MR) is 97.8 cm³/mol. The van der Waals surface area contributed by atoms with Gasteiger partial charge in [-0.2, -0.15) is 5.10 Å². The van der Waals surface area contributed by atoms with Crippen LogP contribution in [0, 0.1) is 19.8 Å². The molecule has 0 aliphatic heterocycles. The van der Waals surface area contributed by atoms with Gasteiger partial charge in [0.2, 0.25) is 0 Å². The minimum Gasteiger partial charge on any atom is -0.493 e. The second kappa shape index (κ2) is 9.25. The first kappa shape index (κ1) is 19.0. The second-order valence-corrected chi connectivity index (χ2v) is 6.64. The largest absolute Gasteiger partial charge is 0.493 e. The Labute approximate surface area is 149 Å². The molecule has 0 amide bonds. The van der Waals surface area contributed by atoms with Crippen LogP contribution in [0.4, 0.5) is 0 Å². The SMILES string of the molecule is Cc1nn(CC(C)C)c(C)c1CC(=O)OCCCOc1ccccc1. The van der Waals surface area contributed by atoms with Crippen LogP contribution in [0.1, 0.15) is 37.2 Å². The Hall–Kier alpha value is -2.30. The van der Waals surface area contributed by atoms with Crippen molar-refractivity contribution in [3.05, 3.63) is 47.3 Å². The Kier molecular flexibility index (Phi) is 7.04. The van der Waals surface area contributed by atoms with Crippen LogP contribution in [0.5, 0.6) is 5.75 Å². The van der Waals surface area contributed by atoms with Crippen molar-refractivity contribution in [2.24, 2.45) is 5.92 Å². The summed E-state index contributed by atoms with van der Waals surface area (Å²) >= 11 is 0. The van der Waals surface area contributed by atoms with E-state index >= 15 is 0 Å². The number of hydrogen-bond donors (Lipinski definition) is 0. The molecule has 2 rings (SSSR count). The van der Waals surface area contributed by atoms with Crippen LogP contribution >= 0.6 is 0 Å². The highest BCUT2D eigenvalue weighted by molar-refractivity contribution is 5.73. The van der Waals surface area contributed by atoms with E-state index in [2.05, 4.69) is 18.9 Å². The van der Waals surface area contributed by atoms with Crippen molar-refractivity contribution in [1.82, 2.24) is 9.78 Å². The van der Waals surface area contributed by atoms with Crippen LogP contribution < -0.4 is 4.74 Å². The number of nitrogens with zero attached hydrogens (tertiary/aromatic N) is 2. The molecule has 0 aliphatic carbocycles. The topological polar surface area (TPSA) is 53.4 Å². The zero-order chi connectivity index (χ0) is 18.2. The average Bonchev–Trinajstić information content (AvgIpc) is 2.82. The number of carbonyl (C=O) groups excluding carboxylic acids is 1. The standard InChI is InChI=1S/C20H28N2O3/c1-15(2)14-22-17(4)19(16(3)21-22)13-20(23)25-12-8-11-24-18-9-6-5-7-10-18/h5-7,9-10,15H,8,11-14H2,1-4H3. The number of rotatable bonds is 9. The minimum absolute atomic E-state index is 0.213. The molecule has 136 valence electrons. The zero-order valence-electron chi connectivity index (χ0n) is 15.6. The van der Waals surface area contributed by atoms with Crippen molar-refractivity contribution in [2.75, 3.05) is 13.2 Å². The van der Waals surface area contributed by atoms with Gasteiger partial charge < -0.3 is 9.47 Å². The van der Waals surface area contributed by atoms with Crippen molar-refractivity contribution in [3.63, 3.8) is 0 Å². The van der Waals surface area contributed by atoms with Gasteiger partial charge in [0.15, 0.2) is 0 Å². The molecular weight excluding hydrogens is 316 g/mol. The van der Waals surface area contributed by atoms with Gasteiger partial charge in [-0.1, -0.05) is 32.0 Å². The number of carbonyl (C=O) groups is 1. The molecule has 2 aromatic rings. The van der Waals surface area contributed by atoms with Crippen LogP contribution in [-0.2, 0) is 22.5 Å². The number of esters is 1. The van der Waals surface area contributed by atoms with E-state index in [1.54, 1.807) is 0 Å². The summed E-state index contributed by atoms with van der Waals surface area (Å²) in [7, 11) is 0. The van der Waals surface area contributed by atoms with E-state index < -0.39 is 0 Å². The second-order valence-electron chi connectivity index (χ2n) is 6.64. The molecule has 0 N–H and O–H groups in total. The maximum atomic E-state index is 12.1. The lowest BCUT2D eigenvalue weighted by atomic mass is 10.1. The molecule has 25 heavy (non-hydrogen) atoms. The minimum atomic E-state index is -0.213. The molecule has 1 aromatic carbocycles. The molecular formula is C20H28N2O3. The van der Waals surface area contributed by atoms with Gasteiger partial charge in [-0.3, -0.25) is 9.48 Å². The molecule has 0 saturated carbocycles. The van der Waals surface area contributed by atoms with Gasteiger partial charge >= 0.3 is 5.97 Å². The molecule has 0 fully saturated rings. The van der Waals surface area contributed by atoms with Crippen molar-refractivity contribution in [2.45, 2.75) is 47.1 Å². The van der Waals surface area contributed by atoms with Gasteiger partial charge in [0, 0.05) is 24.2 Å². The maximum Gasteiger partial charge on any atom is 0.310 e. The zero-order valence-corrected chi connectivity index (χ0v) is 15.6. The average molecular weight is 344 g/mol. The Balaban J connectivity index is 1.74. The predicted octanol–water partition coefficient (Wildman–Crippen LogP) is 3.71.